The molecule has 2 heterocycles. The highest BCUT2D eigenvalue weighted by Gasteiger charge is 2.29. The number of anilines is 1. The van der Waals surface area contributed by atoms with Crippen LogP contribution in [0.1, 0.15) is 16.1 Å². The van der Waals surface area contributed by atoms with Crippen molar-refractivity contribution >= 4 is 23.6 Å². The van der Waals surface area contributed by atoms with Crippen molar-refractivity contribution in [3.05, 3.63) is 11.3 Å². The van der Waals surface area contributed by atoms with Gasteiger partial charge in [-0.1, -0.05) is 0 Å². The second kappa shape index (κ2) is 3.13. The van der Waals surface area contributed by atoms with Crippen LogP contribution in [0.3, 0.4) is 0 Å². The predicted molar refractivity (Wildman–Crippen MR) is 54.0 cm³/mol. The third-order valence-corrected chi connectivity index (χ3v) is 2.79. The van der Waals surface area contributed by atoms with Gasteiger partial charge in [-0.2, -0.15) is 0 Å². The van der Waals surface area contributed by atoms with Gasteiger partial charge >= 0.3 is 0 Å². The van der Waals surface area contributed by atoms with Crippen LogP contribution in [-0.2, 0) is 6.54 Å². The predicted octanol–water partition coefficient (Wildman–Crippen LogP) is 0.366. The molecule has 0 spiro atoms. The lowest BCUT2D eigenvalue weighted by molar-refractivity contribution is 0.0813. The van der Waals surface area contributed by atoms with Crippen molar-refractivity contribution in [2.24, 2.45) is 0 Å². The van der Waals surface area contributed by atoms with Gasteiger partial charge in [0.1, 0.15) is 5.03 Å². The molecule has 2 N–H and O–H groups in total. The number of hydrogen-bond donors (Lipinski definition) is 1. The lowest BCUT2D eigenvalue weighted by atomic mass is 10.3. The fourth-order valence-corrected chi connectivity index (χ4v) is 2.06. The Bertz CT molecular complexity index is 407. The summed E-state index contributed by atoms with van der Waals surface area (Å²) < 4.78 is 0. The smallest absolute Gasteiger partial charge is 0.258 e. The summed E-state index contributed by atoms with van der Waals surface area (Å²) in [4.78, 5) is 21.4. The molecule has 1 aromatic heterocycles. The Labute approximate surface area is 85.7 Å². The number of thioether (sulfide) groups is 1. The molecule has 0 saturated heterocycles. The van der Waals surface area contributed by atoms with Gasteiger partial charge < -0.3 is 10.6 Å². The minimum absolute atomic E-state index is 0.0237. The second-order valence-corrected chi connectivity index (χ2v) is 3.87. The van der Waals surface area contributed by atoms with Gasteiger partial charge in [-0.3, -0.25) is 4.79 Å². The number of amides is 1. The maximum atomic E-state index is 11.7. The van der Waals surface area contributed by atoms with Crippen LogP contribution in [-0.4, -0.2) is 34.1 Å². The van der Waals surface area contributed by atoms with Gasteiger partial charge in [-0.25, -0.2) is 9.97 Å². The van der Waals surface area contributed by atoms with Gasteiger partial charge in [0.15, 0.2) is 0 Å². The second-order valence-electron chi connectivity index (χ2n) is 3.07. The van der Waals surface area contributed by atoms with E-state index in [9.17, 15) is 4.79 Å². The molecule has 14 heavy (non-hydrogen) atoms. The number of hydrogen-bond acceptors (Lipinski definition) is 5. The summed E-state index contributed by atoms with van der Waals surface area (Å²) in [6.45, 7) is 0.522. The van der Waals surface area contributed by atoms with Gasteiger partial charge in [0.05, 0.1) is 17.8 Å². The van der Waals surface area contributed by atoms with Gasteiger partial charge in [0.2, 0.25) is 5.95 Å². The Balaban J connectivity index is 2.62. The first-order valence-electron chi connectivity index (χ1n) is 4.09. The first-order chi connectivity index (χ1) is 6.63. The third-order valence-electron chi connectivity index (χ3n) is 2.11. The largest absolute Gasteiger partial charge is 0.368 e. The highest BCUT2D eigenvalue weighted by Crippen LogP contribution is 2.28. The van der Waals surface area contributed by atoms with Crippen LogP contribution in [0.4, 0.5) is 5.95 Å². The molecule has 1 aromatic rings. The molecule has 0 aliphatic carbocycles. The van der Waals surface area contributed by atoms with E-state index >= 15 is 0 Å². The standard InChI is InChI=1S/C8H10N4OS/c1-12-3-4-5(7(12)13)6(14-2)11-8(9)10-4/h3H2,1-2H3,(H2,9,10,11). The summed E-state index contributed by atoms with van der Waals surface area (Å²) >= 11 is 1.42. The zero-order chi connectivity index (χ0) is 10.3. The molecular weight excluding hydrogens is 200 g/mol. The van der Waals surface area contributed by atoms with E-state index in [2.05, 4.69) is 9.97 Å². The van der Waals surface area contributed by atoms with E-state index in [0.29, 0.717) is 17.1 Å². The van der Waals surface area contributed by atoms with Gasteiger partial charge in [0.25, 0.3) is 5.91 Å². The Kier molecular flexibility index (Phi) is 2.07. The molecule has 0 aromatic carbocycles. The number of nitrogens with zero attached hydrogens (tertiary/aromatic N) is 3. The van der Waals surface area contributed by atoms with Crippen molar-refractivity contribution in [2.45, 2.75) is 11.6 Å². The van der Waals surface area contributed by atoms with Crippen LogP contribution in [0.5, 0.6) is 0 Å². The Morgan fingerprint density at radius 2 is 2.21 bits per heavy atom. The third kappa shape index (κ3) is 1.22. The summed E-state index contributed by atoms with van der Waals surface area (Å²) in [6, 6.07) is 0. The van der Waals surface area contributed by atoms with Crippen molar-refractivity contribution in [3.8, 4) is 0 Å². The topological polar surface area (TPSA) is 72.1 Å². The van der Waals surface area contributed by atoms with Crippen molar-refractivity contribution in [2.75, 3.05) is 19.0 Å². The number of carbonyl (C=O) groups excluding carboxylic acids is 1. The Morgan fingerprint density at radius 3 is 2.86 bits per heavy atom. The van der Waals surface area contributed by atoms with Crippen LogP contribution < -0.4 is 5.73 Å². The number of fused-ring (bicyclic) bond motifs is 1. The normalized spacial score (nSPS) is 14.7. The quantitative estimate of drug-likeness (QED) is 0.535. The highest BCUT2D eigenvalue weighted by atomic mass is 32.2. The lowest BCUT2D eigenvalue weighted by Crippen LogP contribution is -2.18. The first-order valence-corrected chi connectivity index (χ1v) is 5.31. The molecule has 6 heteroatoms. The van der Waals surface area contributed by atoms with E-state index < -0.39 is 0 Å². The van der Waals surface area contributed by atoms with E-state index in [1.165, 1.54) is 11.8 Å². The molecule has 1 aliphatic heterocycles. The molecule has 0 atom stereocenters. The molecule has 1 aliphatic rings. The Hall–Kier alpha value is -1.30. The van der Waals surface area contributed by atoms with Crippen LogP contribution in [0.2, 0.25) is 0 Å². The van der Waals surface area contributed by atoms with Crippen molar-refractivity contribution in [1.29, 1.82) is 0 Å². The summed E-state index contributed by atoms with van der Waals surface area (Å²) in [5, 5.41) is 0.668. The fourth-order valence-electron chi connectivity index (χ4n) is 1.47. The Morgan fingerprint density at radius 1 is 1.50 bits per heavy atom. The summed E-state index contributed by atoms with van der Waals surface area (Å²) in [7, 11) is 1.74. The average Bonchev–Trinajstić information content (AvgIpc) is 2.41. The minimum atomic E-state index is -0.0237. The van der Waals surface area contributed by atoms with Gasteiger partial charge in [0, 0.05) is 7.05 Å². The monoisotopic (exact) mass is 210 g/mol. The van der Waals surface area contributed by atoms with Crippen molar-refractivity contribution < 1.29 is 4.79 Å². The molecule has 0 radical (unpaired) electrons. The van der Waals surface area contributed by atoms with E-state index in [1.807, 2.05) is 6.26 Å². The molecule has 1 amide bonds. The van der Waals surface area contributed by atoms with E-state index in [4.69, 9.17) is 5.73 Å². The van der Waals surface area contributed by atoms with Crippen LogP contribution in [0.15, 0.2) is 5.03 Å². The van der Waals surface area contributed by atoms with E-state index in [0.717, 1.165) is 5.69 Å². The maximum Gasteiger partial charge on any atom is 0.258 e. The number of rotatable bonds is 1. The molecule has 5 nitrogen and oxygen atoms in total. The van der Waals surface area contributed by atoms with E-state index in [-0.39, 0.29) is 11.9 Å². The molecule has 0 unspecified atom stereocenters. The zero-order valence-electron chi connectivity index (χ0n) is 7.94. The zero-order valence-corrected chi connectivity index (χ0v) is 8.76. The summed E-state index contributed by atoms with van der Waals surface area (Å²) in [5.41, 5.74) is 6.87. The average molecular weight is 210 g/mol. The van der Waals surface area contributed by atoms with Gasteiger partial charge in [-0.05, 0) is 6.26 Å². The number of nitrogens with two attached hydrogens (primary N) is 1. The van der Waals surface area contributed by atoms with Crippen LogP contribution in [0.25, 0.3) is 0 Å². The molecular formula is C8H10N4OS. The molecule has 0 saturated carbocycles. The molecule has 0 bridgehead atoms. The van der Waals surface area contributed by atoms with Crippen LogP contribution in [0, 0.1) is 0 Å². The number of carbonyl (C=O) groups is 1. The lowest BCUT2D eigenvalue weighted by Gasteiger charge is -2.04. The highest BCUT2D eigenvalue weighted by molar-refractivity contribution is 7.98. The molecule has 0 fully saturated rings. The van der Waals surface area contributed by atoms with Crippen LogP contribution >= 0.6 is 11.8 Å². The summed E-state index contributed by atoms with van der Waals surface area (Å²) in [6.07, 6.45) is 1.87. The first kappa shape index (κ1) is 9.26. The van der Waals surface area contributed by atoms with Crippen molar-refractivity contribution in [3.63, 3.8) is 0 Å². The fraction of sp³-hybridized carbons (Fsp3) is 0.375. The number of nitrogen functional groups attached to an aromatic ring is 1. The van der Waals surface area contributed by atoms with Crippen molar-refractivity contribution in [1.82, 2.24) is 14.9 Å². The molecule has 2 rings (SSSR count). The molecule has 74 valence electrons. The number of aromatic nitrogens is 2. The SMILES string of the molecule is CSc1nc(N)nc2c1C(=O)N(C)C2. The van der Waals surface area contributed by atoms with Gasteiger partial charge in [-0.15, -0.1) is 11.8 Å². The maximum absolute atomic E-state index is 11.7. The summed E-state index contributed by atoms with van der Waals surface area (Å²) in [5.74, 6) is 0.209. The minimum Gasteiger partial charge on any atom is -0.368 e. The van der Waals surface area contributed by atoms with E-state index in [1.54, 1.807) is 11.9 Å².